The number of anilines is 1. The highest BCUT2D eigenvalue weighted by Crippen LogP contribution is 2.28. The molecule has 102 valence electrons. The summed E-state index contributed by atoms with van der Waals surface area (Å²) in [5.41, 5.74) is -0.337. The third kappa shape index (κ3) is 3.43. The number of carboxylic acid groups (broad SMARTS) is 1. The molecule has 0 fully saturated rings. The molecule has 0 aromatic carbocycles. The van der Waals surface area contributed by atoms with Crippen molar-refractivity contribution < 1.29 is 14.6 Å². The number of carbonyl (C=O) groups is 1. The molecular formula is C12H20N2O3S. The number of rotatable bonds is 7. The number of carboxylic acids is 1. The monoisotopic (exact) mass is 272 g/mol. The van der Waals surface area contributed by atoms with Crippen molar-refractivity contribution in [2.24, 2.45) is 0 Å². The summed E-state index contributed by atoms with van der Waals surface area (Å²) in [5, 5.41) is 11.8. The van der Waals surface area contributed by atoms with Gasteiger partial charge in [-0.25, -0.2) is 4.98 Å². The fraction of sp³-hybridized carbons (Fsp3) is 0.667. The lowest BCUT2D eigenvalue weighted by atomic mass is 9.90. The molecule has 6 heteroatoms. The molecule has 1 aromatic rings. The van der Waals surface area contributed by atoms with Crippen molar-refractivity contribution in [3.05, 3.63) is 11.1 Å². The van der Waals surface area contributed by atoms with E-state index in [2.05, 4.69) is 4.98 Å². The number of aromatic nitrogens is 1. The van der Waals surface area contributed by atoms with Gasteiger partial charge in [0, 0.05) is 32.7 Å². The van der Waals surface area contributed by atoms with Gasteiger partial charge in [-0.3, -0.25) is 4.79 Å². The lowest BCUT2D eigenvalue weighted by Crippen LogP contribution is -2.29. The van der Waals surface area contributed by atoms with Gasteiger partial charge in [-0.2, -0.15) is 0 Å². The van der Waals surface area contributed by atoms with Gasteiger partial charge in [0.05, 0.1) is 5.69 Å². The summed E-state index contributed by atoms with van der Waals surface area (Å²) in [6.45, 7) is 4.88. The number of methoxy groups -OCH3 is 1. The number of nitrogens with zero attached hydrogens (tertiary/aromatic N) is 2. The van der Waals surface area contributed by atoms with Crippen LogP contribution >= 0.6 is 11.3 Å². The fourth-order valence-corrected chi connectivity index (χ4v) is 2.36. The first-order valence-corrected chi connectivity index (χ1v) is 6.67. The highest BCUT2D eigenvalue weighted by atomic mass is 32.1. The average Bonchev–Trinajstić information content (AvgIpc) is 2.78. The molecule has 5 nitrogen and oxygen atoms in total. The zero-order valence-electron chi connectivity index (χ0n) is 11.3. The Balaban J connectivity index is 2.71. The summed E-state index contributed by atoms with van der Waals surface area (Å²) in [6.07, 6.45) is 0.921. The first-order chi connectivity index (χ1) is 8.39. The van der Waals surface area contributed by atoms with Gasteiger partial charge in [-0.15, -0.1) is 11.3 Å². The molecule has 0 saturated heterocycles. The van der Waals surface area contributed by atoms with Crippen LogP contribution in [0, 0.1) is 0 Å². The fourth-order valence-electron chi connectivity index (χ4n) is 1.38. The maximum Gasteiger partial charge on any atom is 0.315 e. The summed E-state index contributed by atoms with van der Waals surface area (Å²) in [4.78, 5) is 17.6. The third-order valence-corrected chi connectivity index (χ3v) is 3.79. The summed E-state index contributed by atoms with van der Waals surface area (Å²) < 4.78 is 5.00. The predicted molar refractivity (Wildman–Crippen MR) is 72.5 cm³/mol. The van der Waals surface area contributed by atoms with E-state index in [0.29, 0.717) is 12.3 Å². The van der Waals surface area contributed by atoms with Crippen molar-refractivity contribution in [3.63, 3.8) is 0 Å². The molecule has 0 radical (unpaired) electrons. The Hall–Kier alpha value is -1.14. The van der Waals surface area contributed by atoms with Crippen LogP contribution in [0.4, 0.5) is 5.13 Å². The Labute approximate surface area is 111 Å². The van der Waals surface area contributed by atoms with Crippen LogP contribution in [0.25, 0.3) is 0 Å². The minimum absolute atomic E-state index is 0.605. The van der Waals surface area contributed by atoms with Crippen molar-refractivity contribution in [1.82, 2.24) is 4.98 Å². The van der Waals surface area contributed by atoms with Gasteiger partial charge >= 0.3 is 5.97 Å². The zero-order valence-corrected chi connectivity index (χ0v) is 12.1. The molecule has 0 aliphatic rings. The van der Waals surface area contributed by atoms with Crippen LogP contribution < -0.4 is 4.90 Å². The lowest BCUT2D eigenvalue weighted by molar-refractivity contribution is -0.142. The maximum absolute atomic E-state index is 11.1. The lowest BCUT2D eigenvalue weighted by Gasteiger charge is -2.17. The summed E-state index contributed by atoms with van der Waals surface area (Å²) in [6, 6.07) is 0. The van der Waals surface area contributed by atoms with Gasteiger partial charge in [0.15, 0.2) is 5.13 Å². The van der Waals surface area contributed by atoms with E-state index in [-0.39, 0.29) is 0 Å². The molecule has 0 unspecified atom stereocenters. The Morgan fingerprint density at radius 1 is 1.61 bits per heavy atom. The van der Waals surface area contributed by atoms with E-state index in [1.165, 1.54) is 11.3 Å². The Morgan fingerprint density at radius 3 is 2.83 bits per heavy atom. The quantitative estimate of drug-likeness (QED) is 0.769. The Kier molecular flexibility index (Phi) is 5.10. The smallest absolute Gasteiger partial charge is 0.315 e. The van der Waals surface area contributed by atoms with Crippen LogP contribution in [0.1, 0.15) is 26.0 Å². The molecule has 0 aliphatic carbocycles. The number of ether oxygens (including phenoxy) is 1. The van der Waals surface area contributed by atoms with Crippen LogP contribution in [0.15, 0.2) is 5.38 Å². The number of thiazole rings is 1. The number of hydrogen-bond donors (Lipinski definition) is 1. The van der Waals surface area contributed by atoms with E-state index in [0.717, 1.165) is 18.1 Å². The standard InChI is InChI=1S/C12H20N2O3S/c1-12(2,10(15)16)9-8-18-11(13-9)14(3)6-5-7-17-4/h8H,5-7H2,1-4H3,(H,15,16). The molecule has 0 aliphatic heterocycles. The van der Waals surface area contributed by atoms with Crippen LogP contribution in [0.2, 0.25) is 0 Å². The molecule has 1 heterocycles. The van der Waals surface area contributed by atoms with Gasteiger partial charge in [0.2, 0.25) is 0 Å². The van der Waals surface area contributed by atoms with Crippen LogP contribution in [0.3, 0.4) is 0 Å². The van der Waals surface area contributed by atoms with Crippen molar-refractivity contribution >= 4 is 22.4 Å². The van der Waals surface area contributed by atoms with Crippen molar-refractivity contribution in [2.45, 2.75) is 25.7 Å². The van der Waals surface area contributed by atoms with Gasteiger partial charge in [0.25, 0.3) is 0 Å². The van der Waals surface area contributed by atoms with Crippen molar-refractivity contribution in [1.29, 1.82) is 0 Å². The van der Waals surface area contributed by atoms with E-state index in [4.69, 9.17) is 9.84 Å². The highest BCUT2D eigenvalue weighted by molar-refractivity contribution is 7.13. The van der Waals surface area contributed by atoms with Crippen LogP contribution in [-0.2, 0) is 14.9 Å². The molecule has 0 amide bonds. The van der Waals surface area contributed by atoms with Crippen molar-refractivity contribution in [2.75, 3.05) is 32.2 Å². The Morgan fingerprint density at radius 2 is 2.28 bits per heavy atom. The third-order valence-electron chi connectivity index (χ3n) is 2.84. The molecule has 0 spiro atoms. The molecule has 18 heavy (non-hydrogen) atoms. The summed E-state index contributed by atoms with van der Waals surface area (Å²) >= 11 is 1.47. The zero-order chi connectivity index (χ0) is 13.8. The van der Waals surface area contributed by atoms with Gasteiger partial charge in [-0.1, -0.05) is 0 Å². The van der Waals surface area contributed by atoms with E-state index >= 15 is 0 Å². The molecule has 1 rings (SSSR count). The molecule has 1 aromatic heterocycles. The normalized spacial score (nSPS) is 11.6. The van der Waals surface area contributed by atoms with E-state index < -0.39 is 11.4 Å². The predicted octanol–water partition coefficient (Wildman–Crippen LogP) is 1.98. The van der Waals surface area contributed by atoms with Gasteiger partial charge in [-0.05, 0) is 20.3 Å². The van der Waals surface area contributed by atoms with Gasteiger partial charge < -0.3 is 14.7 Å². The number of aliphatic carboxylic acids is 1. The first-order valence-electron chi connectivity index (χ1n) is 5.79. The summed E-state index contributed by atoms with van der Waals surface area (Å²) in [7, 11) is 3.63. The second-order valence-electron chi connectivity index (χ2n) is 4.71. The molecular weight excluding hydrogens is 252 g/mol. The number of hydrogen-bond acceptors (Lipinski definition) is 5. The second kappa shape index (κ2) is 6.15. The molecule has 0 bridgehead atoms. The largest absolute Gasteiger partial charge is 0.481 e. The van der Waals surface area contributed by atoms with Crippen LogP contribution in [-0.4, -0.2) is 43.4 Å². The van der Waals surface area contributed by atoms with Crippen molar-refractivity contribution in [3.8, 4) is 0 Å². The average molecular weight is 272 g/mol. The van der Waals surface area contributed by atoms with Crippen LogP contribution in [0.5, 0.6) is 0 Å². The highest BCUT2D eigenvalue weighted by Gasteiger charge is 2.32. The minimum Gasteiger partial charge on any atom is -0.481 e. The molecule has 0 atom stereocenters. The first kappa shape index (κ1) is 14.9. The van der Waals surface area contributed by atoms with Gasteiger partial charge in [0.1, 0.15) is 5.41 Å². The second-order valence-corrected chi connectivity index (χ2v) is 5.55. The molecule has 1 N–H and O–H groups in total. The van der Waals surface area contributed by atoms with E-state index in [1.807, 2.05) is 17.3 Å². The SMILES string of the molecule is COCCCN(C)c1nc(C(C)(C)C(=O)O)cs1. The minimum atomic E-state index is -0.942. The molecule has 0 saturated carbocycles. The summed E-state index contributed by atoms with van der Waals surface area (Å²) in [5.74, 6) is -0.860. The topological polar surface area (TPSA) is 62.7 Å². The maximum atomic E-state index is 11.1. The van der Waals surface area contributed by atoms with E-state index in [1.54, 1.807) is 21.0 Å². The van der Waals surface area contributed by atoms with E-state index in [9.17, 15) is 4.79 Å². The Bertz CT molecular complexity index is 404.